The molecule has 0 fully saturated rings. The third-order valence-corrected chi connectivity index (χ3v) is 3.88. The van der Waals surface area contributed by atoms with Crippen molar-refractivity contribution in [2.24, 2.45) is 0 Å². The molecule has 0 N–H and O–H groups in total. The molecule has 3 rings (SSSR count). The summed E-state index contributed by atoms with van der Waals surface area (Å²) in [7, 11) is 0. The summed E-state index contributed by atoms with van der Waals surface area (Å²) in [5.41, 5.74) is 0.803. The van der Waals surface area contributed by atoms with Crippen LogP contribution >= 0.6 is 0 Å². The molecule has 7 heteroatoms. The Kier molecular flexibility index (Phi) is 3.92. The quantitative estimate of drug-likeness (QED) is 0.535. The average molecular weight is 312 g/mol. The highest BCUT2D eigenvalue weighted by atomic mass is 16.6. The van der Waals surface area contributed by atoms with Crippen LogP contribution in [0.2, 0.25) is 0 Å². The number of nitrogens with zero attached hydrogens (tertiary/aromatic N) is 4. The van der Waals surface area contributed by atoms with Crippen LogP contribution in [0.5, 0.6) is 0 Å². The Morgan fingerprint density at radius 2 is 1.87 bits per heavy atom. The van der Waals surface area contributed by atoms with Gasteiger partial charge in [0.2, 0.25) is 0 Å². The zero-order chi connectivity index (χ0) is 16.4. The van der Waals surface area contributed by atoms with Crippen molar-refractivity contribution in [1.29, 1.82) is 0 Å². The monoisotopic (exact) mass is 312 g/mol. The van der Waals surface area contributed by atoms with Crippen LogP contribution in [-0.4, -0.2) is 19.0 Å². The highest BCUT2D eigenvalue weighted by Crippen LogP contribution is 2.15. The van der Waals surface area contributed by atoms with E-state index in [1.54, 1.807) is 28.2 Å². The van der Waals surface area contributed by atoms with Gasteiger partial charge < -0.3 is 14.7 Å². The minimum Gasteiger partial charge on any atom is -0.358 e. The van der Waals surface area contributed by atoms with Crippen molar-refractivity contribution in [3.8, 4) is 0 Å². The SMILES string of the molecule is Cc1ncc([N+](=O)[O-])n1CCCn1c(=O)ccc2ccccc21. The van der Waals surface area contributed by atoms with Crippen LogP contribution in [0.15, 0.2) is 47.4 Å². The molecule has 0 amide bonds. The lowest BCUT2D eigenvalue weighted by Crippen LogP contribution is -2.20. The van der Waals surface area contributed by atoms with Gasteiger partial charge in [0.05, 0.1) is 12.1 Å². The first-order chi connectivity index (χ1) is 11.1. The lowest BCUT2D eigenvalue weighted by molar-refractivity contribution is -0.392. The van der Waals surface area contributed by atoms with Gasteiger partial charge in [-0.3, -0.25) is 4.79 Å². The van der Waals surface area contributed by atoms with Crippen LogP contribution < -0.4 is 5.56 Å². The molecule has 2 heterocycles. The maximum atomic E-state index is 12.1. The fraction of sp³-hybridized carbons (Fsp3) is 0.250. The van der Waals surface area contributed by atoms with E-state index in [9.17, 15) is 14.9 Å². The molecule has 2 aromatic heterocycles. The number of rotatable bonds is 5. The van der Waals surface area contributed by atoms with Crippen molar-refractivity contribution < 1.29 is 4.92 Å². The van der Waals surface area contributed by atoms with Gasteiger partial charge in [0.25, 0.3) is 5.56 Å². The van der Waals surface area contributed by atoms with Crippen LogP contribution in [-0.2, 0) is 13.1 Å². The highest BCUT2D eigenvalue weighted by Gasteiger charge is 2.16. The number of aromatic nitrogens is 3. The molecule has 0 bridgehead atoms. The van der Waals surface area contributed by atoms with Crippen molar-refractivity contribution in [1.82, 2.24) is 14.1 Å². The summed E-state index contributed by atoms with van der Waals surface area (Å²) in [6, 6.07) is 11.0. The first kappa shape index (κ1) is 15.0. The largest absolute Gasteiger partial charge is 0.358 e. The lowest BCUT2D eigenvalue weighted by atomic mass is 10.2. The van der Waals surface area contributed by atoms with Gasteiger partial charge in [-0.2, -0.15) is 0 Å². The summed E-state index contributed by atoms with van der Waals surface area (Å²) < 4.78 is 3.27. The smallest absolute Gasteiger partial charge is 0.342 e. The standard InChI is InChI=1S/C16H16N4O3/c1-12-17-11-15(20(22)23)18(12)9-4-10-19-14-6-3-2-5-13(14)7-8-16(19)21/h2-3,5-8,11H,4,9-10H2,1H3. The number of fused-ring (bicyclic) bond motifs is 1. The van der Waals surface area contributed by atoms with E-state index in [-0.39, 0.29) is 11.4 Å². The molecular formula is C16H16N4O3. The summed E-state index contributed by atoms with van der Waals surface area (Å²) in [5.74, 6) is 0.578. The normalized spacial score (nSPS) is 11.0. The van der Waals surface area contributed by atoms with Gasteiger partial charge in [-0.1, -0.05) is 18.2 Å². The summed E-state index contributed by atoms with van der Waals surface area (Å²) in [4.78, 5) is 26.6. The number of imidazole rings is 1. The minimum absolute atomic E-state index is 0.0206. The van der Waals surface area contributed by atoms with Crippen molar-refractivity contribution in [3.63, 3.8) is 0 Å². The van der Waals surface area contributed by atoms with Gasteiger partial charge in [0, 0.05) is 26.0 Å². The Balaban J connectivity index is 1.83. The van der Waals surface area contributed by atoms with E-state index >= 15 is 0 Å². The second kappa shape index (κ2) is 6.04. The fourth-order valence-electron chi connectivity index (χ4n) is 2.74. The third kappa shape index (κ3) is 2.85. The van der Waals surface area contributed by atoms with Gasteiger partial charge in [-0.05, 0) is 22.4 Å². The van der Waals surface area contributed by atoms with Gasteiger partial charge in [0.1, 0.15) is 6.20 Å². The maximum absolute atomic E-state index is 12.1. The number of aryl methyl sites for hydroxylation is 2. The minimum atomic E-state index is -0.440. The first-order valence-corrected chi connectivity index (χ1v) is 7.33. The number of para-hydroxylation sites is 1. The van der Waals surface area contributed by atoms with Crippen molar-refractivity contribution >= 4 is 16.7 Å². The zero-order valence-electron chi connectivity index (χ0n) is 12.7. The summed E-state index contributed by atoms with van der Waals surface area (Å²) >= 11 is 0. The van der Waals surface area contributed by atoms with Crippen LogP contribution in [0.1, 0.15) is 12.2 Å². The van der Waals surface area contributed by atoms with Gasteiger partial charge in [0.15, 0.2) is 5.82 Å². The Morgan fingerprint density at radius 3 is 2.65 bits per heavy atom. The van der Waals surface area contributed by atoms with Crippen LogP contribution in [0, 0.1) is 17.0 Å². The fourth-order valence-corrected chi connectivity index (χ4v) is 2.74. The molecule has 3 aromatic rings. The summed E-state index contributed by atoms with van der Waals surface area (Å²) in [5, 5.41) is 12.0. The van der Waals surface area contributed by atoms with E-state index in [2.05, 4.69) is 4.98 Å². The van der Waals surface area contributed by atoms with Crippen LogP contribution in [0.25, 0.3) is 10.9 Å². The molecule has 23 heavy (non-hydrogen) atoms. The molecule has 1 aromatic carbocycles. The highest BCUT2D eigenvalue weighted by molar-refractivity contribution is 5.78. The first-order valence-electron chi connectivity index (χ1n) is 7.33. The number of hydrogen-bond acceptors (Lipinski definition) is 4. The second-order valence-electron chi connectivity index (χ2n) is 5.31. The molecule has 0 saturated heterocycles. The van der Waals surface area contributed by atoms with Crippen LogP contribution in [0.3, 0.4) is 0 Å². The van der Waals surface area contributed by atoms with E-state index in [0.29, 0.717) is 25.3 Å². The zero-order valence-corrected chi connectivity index (χ0v) is 12.7. The molecule has 118 valence electrons. The number of benzene rings is 1. The molecule has 0 aliphatic carbocycles. The third-order valence-electron chi connectivity index (χ3n) is 3.88. The predicted molar refractivity (Wildman–Crippen MR) is 86.4 cm³/mol. The van der Waals surface area contributed by atoms with E-state index in [0.717, 1.165) is 10.9 Å². The van der Waals surface area contributed by atoms with E-state index in [4.69, 9.17) is 0 Å². The molecule has 0 aliphatic heterocycles. The van der Waals surface area contributed by atoms with Crippen molar-refractivity contribution in [2.45, 2.75) is 26.4 Å². The summed E-state index contributed by atoms with van der Waals surface area (Å²) in [6.07, 6.45) is 1.87. The second-order valence-corrected chi connectivity index (χ2v) is 5.31. The Bertz CT molecular complexity index is 926. The Morgan fingerprint density at radius 1 is 1.13 bits per heavy atom. The van der Waals surface area contributed by atoms with Gasteiger partial charge in [-0.25, -0.2) is 9.55 Å². The van der Waals surface area contributed by atoms with Crippen molar-refractivity contribution in [3.05, 3.63) is 68.9 Å². The molecule has 0 unspecified atom stereocenters. The Hall–Kier alpha value is -2.96. The molecule has 0 radical (unpaired) electrons. The number of nitro groups is 1. The Labute approximate surface area is 132 Å². The molecule has 7 nitrogen and oxygen atoms in total. The molecule has 0 saturated carbocycles. The number of hydrogen-bond donors (Lipinski definition) is 0. The predicted octanol–water partition coefficient (Wildman–Crippen LogP) is 2.50. The van der Waals surface area contributed by atoms with E-state index < -0.39 is 4.92 Å². The molecule has 0 spiro atoms. The molecular weight excluding hydrogens is 296 g/mol. The lowest BCUT2D eigenvalue weighted by Gasteiger charge is -2.09. The summed E-state index contributed by atoms with van der Waals surface area (Å²) in [6.45, 7) is 2.67. The van der Waals surface area contributed by atoms with Gasteiger partial charge >= 0.3 is 5.82 Å². The molecule has 0 atom stereocenters. The maximum Gasteiger partial charge on any atom is 0.342 e. The molecule has 0 aliphatic rings. The van der Waals surface area contributed by atoms with E-state index in [1.807, 2.05) is 24.3 Å². The average Bonchev–Trinajstić information content (AvgIpc) is 2.91. The number of pyridine rings is 1. The topological polar surface area (TPSA) is 83.0 Å². The van der Waals surface area contributed by atoms with Crippen molar-refractivity contribution in [2.75, 3.05) is 0 Å². The van der Waals surface area contributed by atoms with E-state index in [1.165, 1.54) is 6.20 Å². The van der Waals surface area contributed by atoms with Gasteiger partial charge in [-0.15, -0.1) is 0 Å². The van der Waals surface area contributed by atoms with Crippen LogP contribution in [0.4, 0.5) is 5.82 Å².